The van der Waals surface area contributed by atoms with Crippen molar-refractivity contribution in [3.8, 4) is 0 Å². The first-order valence-electron chi connectivity index (χ1n) is 49.6. The molecule has 10 aromatic heterocycles. The summed E-state index contributed by atoms with van der Waals surface area (Å²) in [6.07, 6.45) is 0. The maximum absolute atomic E-state index is 5.49. The highest BCUT2D eigenvalue weighted by molar-refractivity contribution is 8.01. The summed E-state index contributed by atoms with van der Waals surface area (Å²) in [5, 5.41) is 61.8. The molecule has 15 heterocycles. The minimum atomic E-state index is 0.339. The predicted octanol–water partition coefficient (Wildman–Crippen LogP) is 27.3. The zero-order valence-corrected chi connectivity index (χ0v) is 104. The summed E-state index contributed by atoms with van der Waals surface area (Å²) in [5.41, 5.74) is 12.5. The van der Waals surface area contributed by atoms with Gasteiger partial charge in [0, 0.05) is 153 Å². The van der Waals surface area contributed by atoms with Gasteiger partial charge in [-0.05, 0) is 249 Å². The molecule has 0 fully saturated rings. The summed E-state index contributed by atoms with van der Waals surface area (Å²) in [5.74, 6) is 14.8. The SMILES string of the molecule is CC1=C(C(C)C)N(C)N(C)O1.CC1=C(C)N(C(C)C)N(C)O1.CC1=C(C)N(C(C)C)N(C)S1.CC1=C(C)N(C)N(C(C)C)O1.CC1=C(C)N(C)N(C(C)C)S1.Cc1nc(C(C)C)no1.Cc1nc(C(C)C)ns1.Cc1nnc(C(C)C)o1.Cc1nnc(C(C)C)s1.Cc1noc(C(C)C)n1.Cc1nonc1C(C)C.Cc1nsc(C(C)C)n1.Cc1nsnc1C(C)C.Cc1onnc1C(C)C.Cc1snnc1C(C)C. The molecule has 0 amide bonds. The van der Waals surface area contributed by atoms with Crippen molar-refractivity contribution in [1.82, 2.24) is 148 Å². The molecule has 0 N–H and O–H groups in total. The fourth-order valence-electron chi connectivity index (χ4n) is 12.8. The van der Waals surface area contributed by atoms with Gasteiger partial charge in [-0.25, -0.2) is 14.6 Å². The summed E-state index contributed by atoms with van der Waals surface area (Å²) in [7, 11) is 12.0. The first-order chi connectivity index (χ1) is 67.2. The molecular formula is C100H180N30O8S7. The summed E-state index contributed by atoms with van der Waals surface area (Å²) < 4.78 is 48.8. The van der Waals surface area contributed by atoms with Crippen molar-refractivity contribution < 1.29 is 37.1 Å². The fourth-order valence-corrected chi connectivity index (χ4v) is 18.1. The molecular weight excluding hydrogens is 1970 g/mol. The van der Waals surface area contributed by atoms with Crippen LogP contribution >= 0.6 is 81.6 Å². The van der Waals surface area contributed by atoms with Crippen molar-refractivity contribution in [1.29, 1.82) is 0 Å². The molecule has 45 heteroatoms. The van der Waals surface area contributed by atoms with E-state index in [0.29, 0.717) is 119 Å². The van der Waals surface area contributed by atoms with E-state index < -0.39 is 0 Å². The van der Waals surface area contributed by atoms with Crippen LogP contribution in [-0.4, -0.2) is 214 Å². The molecule has 5 aliphatic heterocycles. The molecule has 15 rings (SSSR count). The predicted molar refractivity (Wildman–Crippen MR) is 593 cm³/mol. The molecule has 0 bridgehead atoms. The number of hydrogen-bond donors (Lipinski definition) is 0. The fraction of sp³-hybridized carbons (Fsp3) is 0.700. The van der Waals surface area contributed by atoms with E-state index in [1.807, 2.05) is 166 Å². The van der Waals surface area contributed by atoms with E-state index in [9.17, 15) is 0 Å². The third-order valence-corrected chi connectivity index (χ3v) is 27.5. The normalized spacial score (nSPS) is 14.3. The highest BCUT2D eigenvalue weighted by Gasteiger charge is 2.30. The van der Waals surface area contributed by atoms with Gasteiger partial charge in [0.1, 0.15) is 66.0 Å². The quantitative estimate of drug-likeness (QED) is 0.0860. The monoisotopic (exact) mass is 2150 g/mol. The molecule has 820 valence electrons. The van der Waals surface area contributed by atoms with Gasteiger partial charge in [0.15, 0.2) is 17.4 Å². The van der Waals surface area contributed by atoms with Crippen molar-refractivity contribution in [2.45, 2.75) is 423 Å². The molecule has 145 heavy (non-hydrogen) atoms. The highest BCUT2D eigenvalue weighted by Crippen LogP contribution is 2.38. The average Bonchev–Trinajstić information content (AvgIpc) is 1.68. The summed E-state index contributed by atoms with van der Waals surface area (Å²) in [4.78, 5) is 36.8. The Labute approximate surface area is 898 Å². The Balaban J connectivity index is 0.000000777. The van der Waals surface area contributed by atoms with Gasteiger partial charge in [-0.15, -0.1) is 41.9 Å². The number of rotatable bonds is 15. The number of allylic oxidation sites excluding steroid dienone is 10. The Hall–Kier alpha value is -8.90. The van der Waals surface area contributed by atoms with Crippen molar-refractivity contribution in [2.24, 2.45) is 5.92 Å². The average molecular weight is 2160 g/mol. The molecule has 0 aromatic carbocycles. The Morgan fingerprint density at radius 2 is 0.869 bits per heavy atom. The van der Waals surface area contributed by atoms with Crippen LogP contribution in [0, 0.1) is 75.2 Å². The number of aryl methyl sites for hydroxylation is 10. The Morgan fingerprint density at radius 3 is 1.08 bits per heavy atom. The van der Waals surface area contributed by atoms with Crippen LogP contribution in [0.15, 0.2) is 78.2 Å². The van der Waals surface area contributed by atoms with Crippen LogP contribution in [0.2, 0.25) is 0 Å². The Kier molecular flexibility index (Phi) is 61.5. The van der Waals surface area contributed by atoms with Crippen molar-refractivity contribution in [3.05, 3.63) is 167 Å². The number of hydroxylamine groups is 3. The van der Waals surface area contributed by atoms with E-state index in [4.69, 9.17) is 32.5 Å². The third kappa shape index (κ3) is 47.2. The third-order valence-electron chi connectivity index (χ3n) is 20.9. The van der Waals surface area contributed by atoms with Gasteiger partial charge in [0.05, 0.1) is 51.9 Å². The van der Waals surface area contributed by atoms with Gasteiger partial charge in [0.2, 0.25) is 23.6 Å². The van der Waals surface area contributed by atoms with Crippen LogP contribution in [0.5, 0.6) is 0 Å². The second-order valence-corrected chi connectivity index (χ2v) is 46.2. The number of hydrazine groups is 5. The zero-order valence-electron chi connectivity index (χ0n) is 98.2. The smallest absolute Gasteiger partial charge is 0.229 e. The molecule has 0 aliphatic carbocycles. The van der Waals surface area contributed by atoms with Crippen LogP contribution in [0.4, 0.5) is 0 Å². The van der Waals surface area contributed by atoms with E-state index in [1.165, 1.54) is 89.5 Å². The molecule has 0 unspecified atom stereocenters. The lowest BCUT2D eigenvalue weighted by Gasteiger charge is -2.30. The molecule has 10 aromatic rings. The summed E-state index contributed by atoms with van der Waals surface area (Å²) in [6.45, 7) is 101. The molecule has 38 nitrogen and oxygen atoms in total. The standard InChI is InChI=1S/3C8H16N2O.2C8H16N2S.5C6H10N2O.5C6H10N2S/c1-6(2)8-7(3)11-10(5)9(8)4;1-6(2)10-7(3)8(4)11-9(10)5;1-6(2)10-9(5)7(3)8(4)11-10;1-6(2)10-7(3)8(4)11-9(10)5;1-6(2)10-9(5)7(3)8(4)11-10;1-4(2)6-8-7-5(3)9-6;1-4(2)6-7-5(3)9-8-6;1-4(2)6-7-5(3)8-9-6;1-4(2)6-5(3)9-8-7-6;1-4(2)6-5(3)7-9-8-6;1-4(2)6-8-7-5(3)9-6;1-4(2)6-7-5(3)9-8-6;1-4(2)6-7-5(3)8-9-6;1-4(2)6-5(3)9-8-7-6;1-4(2)6-5(3)7-9-8-6/h5*6H,1-5H3;10*4H,1-3H3. The molecule has 5 aliphatic rings. The lowest BCUT2D eigenvalue weighted by Crippen LogP contribution is -2.38. The summed E-state index contributed by atoms with van der Waals surface area (Å²) in [6, 6.07) is 1.96. The Morgan fingerprint density at radius 1 is 0.317 bits per heavy atom. The second kappa shape index (κ2) is 66.5. The highest BCUT2D eigenvalue weighted by atomic mass is 32.2. The summed E-state index contributed by atoms with van der Waals surface area (Å²) >= 11 is 11.0. The maximum atomic E-state index is 5.49. The molecule has 0 spiro atoms. The van der Waals surface area contributed by atoms with Crippen LogP contribution in [0.25, 0.3) is 0 Å². The van der Waals surface area contributed by atoms with Crippen LogP contribution < -0.4 is 0 Å². The van der Waals surface area contributed by atoms with Gasteiger partial charge < -0.3 is 37.5 Å². The first-order valence-corrected chi connectivity index (χ1v) is 55.0. The van der Waals surface area contributed by atoms with Gasteiger partial charge in [-0.3, -0.25) is 20.0 Å². The largest absolute Gasteiger partial charge is 0.425 e. The minimum Gasteiger partial charge on any atom is -0.425 e. The van der Waals surface area contributed by atoms with Gasteiger partial charge >= 0.3 is 0 Å². The lowest BCUT2D eigenvalue weighted by atomic mass is 10.1. The van der Waals surface area contributed by atoms with Crippen molar-refractivity contribution >= 4 is 81.6 Å². The van der Waals surface area contributed by atoms with E-state index in [-0.39, 0.29) is 0 Å². The van der Waals surface area contributed by atoms with E-state index >= 15 is 0 Å². The van der Waals surface area contributed by atoms with Gasteiger partial charge in [0.25, 0.3) is 0 Å². The second-order valence-electron chi connectivity index (χ2n) is 39.2. The van der Waals surface area contributed by atoms with Gasteiger partial charge in [-0.2, -0.15) is 36.3 Å². The van der Waals surface area contributed by atoms with Gasteiger partial charge in [-0.1, -0.05) is 193 Å². The molecule has 0 saturated carbocycles. The maximum Gasteiger partial charge on any atom is 0.229 e. The molecule has 0 saturated heterocycles. The molecule has 0 atom stereocenters. The van der Waals surface area contributed by atoms with E-state index in [1.54, 1.807) is 47.5 Å². The van der Waals surface area contributed by atoms with Crippen molar-refractivity contribution in [3.63, 3.8) is 0 Å². The topological polar surface area (TPSA) is 384 Å². The zero-order chi connectivity index (χ0) is 112. The van der Waals surface area contributed by atoms with Crippen LogP contribution in [0.1, 0.15) is 441 Å². The first kappa shape index (κ1) is 134. The van der Waals surface area contributed by atoms with E-state index in [2.05, 4.69) is 356 Å². The Bertz CT molecular complexity index is 4820. The minimum absolute atomic E-state index is 0.339. The lowest BCUT2D eigenvalue weighted by molar-refractivity contribution is -0.226. The van der Waals surface area contributed by atoms with Crippen LogP contribution in [0.3, 0.4) is 0 Å². The van der Waals surface area contributed by atoms with Crippen molar-refractivity contribution in [2.75, 3.05) is 42.3 Å². The molecule has 0 radical (unpaired) electrons. The van der Waals surface area contributed by atoms with E-state index in [0.717, 1.165) is 94.7 Å². The van der Waals surface area contributed by atoms with Crippen LogP contribution in [-0.2, 0) is 14.5 Å². The number of aromatic nitrogens is 20. The number of hydrogen-bond acceptors (Lipinski definition) is 45. The number of nitrogens with zero attached hydrogens (tertiary/aromatic N) is 30.